The number of imidazole rings is 1. The first-order valence-corrected chi connectivity index (χ1v) is 8.84. The zero-order valence-corrected chi connectivity index (χ0v) is 14.9. The Morgan fingerprint density at radius 1 is 1.35 bits per heavy atom. The highest BCUT2D eigenvalue weighted by atomic mass is 16.3. The minimum absolute atomic E-state index is 0.0152. The molecule has 7 nitrogen and oxygen atoms in total. The van der Waals surface area contributed by atoms with E-state index in [9.17, 15) is 14.7 Å². The van der Waals surface area contributed by atoms with Crippen molar-refractivity contribution >= 4 is 11.8 Å². The van der Waals surface area contributed by atoms with Crippen molar-refractivity contribution in [3.8, 4) is 11.3 Å². The summed E-state index contributed by atoms with van der Waals surface area (Å²) in [7, 11) is 1.69. The number of hydrogen-bond donors (Lipinski definition) is 2. The largest absolute Gasteiger partial charge is 0.383 e. The van der Waals surface area contributed by atoms with Crippen molar-refractivity contribution in [2.24, 2.45) is 0 Å². The lowest BCUT2D eigenvalue weighted by molar-refractivity contribution is -0.145. The molecule has 2 N–H and O–H groups in total. The molecule has 2 amide bonds. The second-order valence-electron chi connectivity index (χ2n) is 6.63. The van der Waals surface area contributed by atoms with E-state index in [0.29, 0.717) is 25.3 Å². The number of aliphatic hydroxyl groups excluding tert-OH is 1. The summed E-state index contributed by atoms with van der Waals surface area (Å²) >= 11 is 0. The fourth-order valence-electron chi connectivity index (χ4n) is 3.05. The molecule has 0 radical (unpaired) electrons. The van der Waals surface area contributed by atoms with Crippen molar-refractivity contribution in [3.05, 3.63) is 42.4 Å². The maximum atomic E-state index is 12.5. The predicted molar refractivity (Wildman–Crippen MR) is 96.9 cm³/mol. The topological polar surface area (TPSA) is 89.5 Å². The van der Waals surface area contributed by atoms with Gasteiger partial charge in [0.2, 0.25) is 5.91 Å². The molecule has 1 atom stereocenters. The third-order valence-corrected chi connectivity index (χ3v) is 4.60. The standard InChI is InChI=1S/C19H24N4O3/c1-22(18(25)13-23-10-6-5-9-16(24)19(23)26)12-17-20-11-15(21-17)14-7-3-2-4-8-14/h2-4,7-8,11,16,24H,5-6,9-10,12-13H2,1H3,(H,20,21). The highest BCUT2D eigenvalue weighted by Gasteiger charge is 2.27. The maximum Gasteiger partial charge on any atom is 0.251 e. The molecule has 7 heteroatoms. The molecule has 3 rings (SSSR count). The Morgan fingerprint density at radius 2 is 2.12 bits per heavy atom. The van der Waals surface area contributed by atoms with Crippen LogP contribution in [0.1, 0.15) is 25.1 Å². The van der Waals surface area contributed by atoms with Gasteiger partial charge >= 0.3 is 0 Å². The third kappa shape index (κ3) is 4.29. The average molecular weight is 356 g/mol. The van der Waals surface area contributed by atoms with E-state index in [1.165, 1.54) is 9.80 Å². The third-order valence-electron chi connectivity index (χ3n) is 4.60. The van der Waals surface area contributed by atoms with Crippen LogP contribution in [-0.4, -0.2) is 62.9 Å². The number of H-pyrrole nitrogens is 1. The number of aromatic amines is 1. The van der Waals surface area contributed by atoms with Crippen LogP contribution in [0, 0.1) is 0 Å². The summed E-state index contributed by atoms with van der Waals surface area (Å²) in [5.74, 6) is 0.153. The molecule has 1 aliphatic heterocycles. The highest BCUT2D eigenvalue weighted by Crippen LogP contribution is 2.17. The monoisotopic (exact) mass is 356 g/mol. The lowest BCUT2D eigenvalue weighted by Gasteiger charge is -2.24. The minimum atomic E-state index is -0.992. The number of aromatic nitrogens is 2. The summed E-state index contributed by atoms with van der Waals surface area (Å²) in [6, 6.07) is 9.84. The number of nitrogens with zero attached hydrogens (tertiary/aromatic N) is 3. The van der Waals surface area contributed by atoms with Crippen LogP contribution >= 0.6 is 0 Å². The van der Waals surface area contributed by atoms with Gasteiger partial charge in [-0.1, -0.05) is 30.3 Å². The van der Waals surface area contributed by atoms with Crippen LogP contribution in [0.5, 0.6) is 0 Å². The summed E-state index contributed by atoms with van der Waals surface area (Å²) in [6.45, 7) is 0.823. The lowest BCUT2D eigenvalue weighted by atomic mass is 10.2. The van der Waals surface area contributed by atoms with Gasteiger partial charge in [-0.2, -0.15) is 0 Å². The first kappa shape index (κ1) is 18.1. The molecule has 2 aromatic rings. The summed E-state index contributed by atoms with van der Waals surface area (Å²) in [4.78, 5) is 35.1. The van der Waals surface area contributed by atoms with Gasteiger partial charge in [0.15, 0.2) is 0 Å². The molecule has 1 aromatic carbocycles. The fourth-order valence-corrected chi connectivity index (χ4v) is 3.05. The van der Waals surface area contributed by atoms with Crippen molar-refractivity contribution in [2.45, 2.75) is 31.9 Å². The van der Waals surface area contributed by atoms with Gasteiger partial charge in [0.05, 0.1) is 25.0 Å². The Bertz CT molecular complexity index is 759. The number of carbonyl (C=O) groups excluding carboxylic acids is 2. The molecular formula is C19H24N4O3. The van der Waals surface area contributed by atoms with Crippen LogP contribution in [0.25, 0.3) is 11.3 Å². The summed E-state index contributed by atoms with van der Waals surface area (Å²) < 4.78 is 0. The lowest BCUT2D eigenvalue weighted by Crippen LogP contribution is -2.44. The number of amides is 2. The van der Waals surface area contributed by atoms with Crippen LogP contribution in [0.15, 0.2) is 36.5 Å². The van der Waals surface area contributed by atoms with Crippen LogP contribution in [0.2, 0.25) is 0 Å². The van der Waals surface area contributed by atoms with Crippen LogP contribution < -0.4 is 0 Å². The zero-order valence-electron chi connectivity index (χ0n) is 14.9. The van der Waals surface area contributed by atoms with Crippen molar-refractivity contribution in [1.29, 1.82) is 0 Å². The fraction of sp³-hybridized carbons (Fsp3) is 0.421. The van der Waals surface area contributed by atoms with E-state index < -0.39 is 6.10 Å². The normalized spacial score (nSPS) is 17.8. The number of nitrogens with one attached hydrogen (secondary N) is 1. The molecule has 0 saturated carbocycles. The molecule has 1 saturated heterocycles. The van der Waals surface area contributed by atoms with Gasteiger partial charge in [-0.25, -0.2) is 4.98 Å². The Labute approximate surface area is 152 Å². The molecule has 0 bridgehead atoms. The number of hydrogen-bond acceptors (Lipinski definition) is 4. The van der Waals surface area contributed by atoms with E-state index in [4.69, 9.17) is 0 Å². The molecule has 138 valence electrons. The van der Waals surface area contributed by atoms with Gasteiger partial charge in [-0.15, -0.1) is 0 Å². The first-order chi connectivity index (χ1) is 12.5. The quantitative estimate of drug-likeness (QED) is 0.848. The van der Waals surface area contributed by atoms with Gasteiger partial charge in [0.1, 0.15) is 11.9 Å². The SMILES string of the molecule is CN(Cc1ncc(-c2ccccc2)[nH]1)C(=O)CN1CCCCC(O)C1=O. The number of benzene rings is 1. The molecular weight excluding hydrogens is 332 g/mol. The maximum absolute atomic E-state index is 12.5. The second kappa shape index (κ2) is 8.14. The number of rotatable bonds is 5. The molecule has 1 unspecified atom stereocenters. The second-order valence-corrected chi connectivity index (χ2v) is 6.63. The zero-order chi connectivity index (χ0) is 18.5. The van der Waals surface area contributed by atoms with E-state index in [1.54, 1.807) is 13.2 Å². The number of likely N-dealkylation sites (tertiary alicyclic amines) is 1. The van der Waals surface area contributed by atoms with Crippen LogP contribution in [-0.2, 0) is 16.1 Å². The van der Waals surface area contributed by atoms with Crippen molar-refractivity contribution in [3.63, 3.8) is 0 Å². The Hall–Kier alpha value is -2.67. The van der Waals surface area contributed by atoms with Crippen molar-refractivity contribution < 1.29 is 14.7 Å². The van der Waals surface area contributed by atoms with E-state index in [-0.39, 0.29) is 18.4 Å². The van der Waals surface area contributed by atoms with Crippen LogP contribution in [0.3, 0.4) is 0 Å². The van der Waals surface area contributed by atoms with Crippen LogP contribution in [0.4, 0.5) is 0 Å². The summed E-state index contributed by atoms with van der Waals surface area (Å²) in [5, 5.41) is 9.79. The van der Waals surface area contributed by atoms with Gasteiger partial charge < -0.3 is 19.9 Å². The number of aliphatic hydroxyl groups is 1. The van der Waals surface area contributed by atoms with Gasteiger partial charge in [-0.05, 0) is 24.8 Å². The first-order valence-electron chi connectivity index (χ1n) is 8.84. The van der Waals surface area contributed by atoms with Gasteiger partial charge in [0, 0.05) is 13.6 Å². The molecule has 0 aliphatic carbocycles. The Kier molecular flexibility index (Phi) is 5.68. The molecule has 1 fully saturated rings. The molecule has 1 aliphatic rings. The van der Waals surface area contributed by atoms with E-state index >= 15 is 0 Å². The predicted octanol–water partition coefficient (Wildman–Crippen LogP) is 1.41. The Morgan fingerprint density at radius 3 is 2.88 bits per heavy atom. The molecule has 2 heterocycles. The smallest absolute Gasteiger partial charge is 0.251 e. The minimum Gasteiger partial charge on any atom is -0.383 e. The van der Waals surface area contributed by atoms with Crippen molar-refractivity contribution in [2.75, 3.05) is 20.1 Å². The molecule has 0 spiro atoms. The average Bonchev–Trinajstić information content (AvgIpc) is 3.06. The Balaban J connectivity index is 1.59. The summed E-state index contributed by atoms with van der Waals surface area (Å²) in [5.41, 5.74) is 1.93. The van der Waals surface area contributed by atoms with Crippen molar-refractivity contribution in [1.82, 2.24) is 19.8 Å². The van der Waals surface area contributed by atoms with E-state index in [2.05, 4.69) is 9.97 Å². The highest BCUT2D eigenvalue weighted by molar-refractivity contribution is 5.87. The van der Waals surface area contributed by atoms with E-state index in [0.717, 1.165) is 24.1 Å². The van der Waals surface area contributed by atoms with E-state index in [1.807, 2.05) is 30.3 Å². The summed E-state index contributed by atoms with van der Waals surface area (Å²) in [6.07, 6.45) is 2.82. The number of likely N-dealkylation sites (N-methyl/N-ethyl adjacent to an activating group) is 1. The van der Waals surface area contributed by atoms with Gasteiger partial charge in [-0.3, -0.25) is 9.59 Å². The van der Waals surface area contributed by atoms with Gasteiger partial charge in [0.25, 0.3) is 5.91 Å². The number of carbonyl (C=O) groups is 2. The molecule has 26 heavy (non-hydrogen) atoms. The molecule has 1 aromatic heterocycles.